The molecule has 2 fully saturated rings. The molecule has 2 unspecified atom stereocenters. The van der Waals surface area contributed by atoms with Crippen LogP contribution in [0, 0.1) is 0 Å². The number of halogens is 3. The average Bonchev–Trinajstić information content (AvgIpc) is 2.45. The molecule has 2 aliphatic rings. The van der Waals surface area contributed by atoms with Crippen LogP contribution in [0.4, 0.5) is 13.2 Å². The second kappa shape index (κ2) is 6.92. The average molecular weight is 340 g/mol. The highest BCUT2D eigenvalue weighted by atomic mass is 19.4. The van der Waals surface area contributed by atoms with Gasteiger partial charge < -0.3 is 14.2 Å². The maximum absolute atomic E-state index is 12.5. The molecule has 9 heteroatoms. The lowest BCUT2D eigenvalue weighted by Crippen LogP contribution is -2.67. The summed E-state index contributed by atoms with van der Waals surface area (Å²) in [6.07, 6.45) is -6.06. The lowest BCUT2D eigenvalue weighted by Gasteiger charge is -2.52. The smallest absolute Gasteiger partial charge is 0.438 e. The van der Waals surface area contributed by atoms with E-state index in [9.17, 15) is 18.0 Å². The molecule has 23 heavy (non-hydrogen) atoms. The number of carbonyl (C=O) groups is 1. The molecule has 0 saturated carbocycles. The third-order valence-corrected chi connectivity index (χ3v) is 4.38. The Bertz CT molecular complexity index is 417. The molecule has 0 aliphatic carbocycles. The fourth-order valence-electron chi connectivity index (χ4n) is 3.54. The number of alkyl halides is 3. The molecule has 0 radical (unpaired) electrons. The Labute approximate surface area is 133 Å². The van der Waals surface area contributed by atoms with Crippen LogP contribution in [0.2, 0.25) is 0 Å². The quantitative estimate of drug-likeness (QED) is 0.611. The molecule has 2 N–H and O–H groups in total. The first-order valence-electron chi connectivity index (χ1n) is 7.67. The Balaban J connectivity index is 2.23. The minimum absolute atomic E-state index is 0.197. The number of nitrogens with two attached hydrogens (primary N) is 1. The molecule has 2 heterocycles. The van der Waals surface area contributed by atoms with Crippen LogP contribution in [0.15, 0.2) is 0 Å². The van der Waals surface area contributed by atoms with Gasteiger partial charge in [-0.3, -0.25) is 10.6 Å². The van der Waals surface area contributed by atoms with Crippen molar-refractivity contribution in [3.63, 3.8) is 0 Å². The number of nitrogens with zero attached hydrogens (tertiary/aromatic N) is 1. The highest BCUT2D eigenvalue weighted by Gasteiger charge is 2.52. The molecule has 6 nitrogen and oxygen atoms in total. The second-order valence-corrected chi connectivity index (χ2v) is 6.19. The molecular weight excluding hydrogens is 317 g/mol. The zero-order chi connectivity index (χ0) is 17.3. The topological polar surface area (TPSA) is 74.0 Å². The predicted molar refractivity (Wildman–Crippen MR) is 74.5 cm³/mol. The van der Waals surface area contributed by atoms with Gasteiger partial charge in [0.2, 0.25) is 0 Å². The highest BCUT2D eigenvalue weighted by molar-refractivity contribution is 5.75. The van der Waals surface area contributed by atoms with Crippen LogP contribution < -0.4 is 5.73 Å². The van der Waals surface area contributed by atoms with E-state index >= 15 is 0 Å². The van der Waals surface area contributed by atoms with Crippen molar-refractivity contribution in [1.29, 1.82) is 0 Å². The van der Waals surface area contributed by atoms with Crippen LogP contribution in [0.3, 0.4) is 0 Å². The fourth-order valence-corrected chi connectivity index (χ4v) is 3.54. The molecule has 0 aromatic carbocycles. The van der Waals surface area contributed by atoms with Gasteiger partial charge in [-0.2, -0.15) is 13.2 Å². The summed E-state index contributed by atoms with van der Waals surface area (Å²) < 4.78 is 53.1. The van der Waals surface area contributed by atoms with Crippen LogP contribution in [0.1, 0.15) is 26.7 Å². The number of ether oxygens (including phenoxy) is 3. The van der Waals surface area contributed by atoms with E-state index in [1.165, 1.54) is 0 Å². The molecule has 2 rings (SSSR count). The van der Waals surface area contributed by atoms with Crippen LogP contribution in [-0.2, 0) is 19.0 Å². The Hall–Kier alpha value is -0.900. The van der Waals surface area contributed by atoms with Gasteiger partial charge in [-0.15, -0.1) is 0 Å². The van der Waals surface area contributed by atoms with Gasteiger partial charge in [0.15, 0.2) is 6.23 Å². The Morgan fingerprint density at radius 3 is 2.26 bits per heavy atom. The van der Waals surface area contributed by atoms with Gasteiger partial charge in [-0.25, -0.2) is 4.79 Å². The maximum atomic E-state index is 12.5. The summed E-state index contributed by atoms with van der Waals surface area (Å²) in [7, 11) is 0. The van der Waals surface area contributed by atoms with Crippen molar-refractivity contribution in [1.82, 2.24) is 4.90 Å². The lowest BCUT2D eigenvalue weighted by atomic mass is 9.80. The Morgan fingerprint density at radius 1 is 1.26 bits per heavy atom. The molecule has 4 atom stereocenters. The Morgan fingerprint density at radius 2 is 1.78 bits per heavy atom. The molecular formula is C14H23F3N2O4. The lowest BCUT2D eigenvalue weighted by molar-refractivity contribution is -0.221. The predicted octanol–water partition coefficient (Wildman–Crippen LogP) is 1.04. The van der Waals surface area contributed by atoms with Crippen molar-refractivity contribution < 1.29 is 32.2 Å². The van der Waals surface area contributed by atoms with Gasteiger partial charge >= 0.3 is 12.1 Å². The minimum atomic E-state index is -5.06. The monoisotopic (exact) mass is 340 g/mol. The second-order valence-electron chi connectivity index (χ2n) is 6.19. The molecule has 0 bridgehead atoms. The molecule has 2 aliphatic heterocycles. The molecule has 0 amide bonds. The molecule has 2 saturated heterocycles. The third-order valence-electron chi connectivity index (χ3n) is 4.38. The van der Waals surface area contributed by atoms with E-state index in [2.05, 4.69) is 4.74 Å². The Kier molecular flexibility index (Phi) is 5.55. The number of hydrogen-bond acceptors (Lipinski definition) is 6. The van der Waals surface area contributed by atoms with Gasteiger partial charge in [0.1, 0.15) is 0 Å². The summed E-state index contributed by atoms with van der Waals surface area (Å²) >= 11 is 0. The van der Waals surface area contributed by atoms with Gasteiger partial charge in [-0.05, 0) is 26.7 Å². The van der Waals surface area contributed by atoms with Gasteiger partial charge in [0.05, 0.1) is 31.0 Å². The van der Waals surface area contributed by atoms with E-state index in [0.717, 1.165) is 0 Å². The van der Waals surface area contributed by atoms with Crippen LogP contribution in [0.5, 0.6) is 0 Å². The summed E-state index contributed by atoms with van der Waals surface area (Å²) in [6, 6.07) is 0. The van der Waals surface area contributed by atoms with E-state index in [0.29, 0.717) is 39.1 Å². The van der Waals surface area contributed by atoms with Crippen LogP contribution in [-0.4, -0.2) is 67.3 Å². The zero-order valence-corrected chi connectivity index (χ0v) is 13.3. The minimum Gasteiger partial charge on any atom is -0.438 e. The van der Waals surface area contributed by atoms with Crippen LogP contribution in [0.25, 0.3) is 0 Å². The van der Waals surface area contributed by atoms with Crippen molar-refractivity contribution >= 4 is 5.97 Å². The van der Waals surface area contributed by atoms with Gasteiger partial charge in [-0.1, -0.05) is 0 Å². The summed E-state index contributed by atoms with van der Waals surface area (Å²) in [5, 5.41) is 0. The maximum Gasteiger partial charge on any atom is 0.490 e. The number of carbonyl (C=O) groups excluding carboxylic acids is 1. The number of rotatable bonds is 3. The fraction of sp³-hybridized carbons (Fsp3) is 0.929. The standard InChI is InChI=1S/C14H23F3N2O4/c1-9-7-13(8-10(2)22-9,19-3-5-21-6-4-19)11(18)23-12(20)14(15,16)17/h9-11H,3-8,18H2,1-2H3/t9-,10+,11?,13?. The van der Waals surface area contributed by atoms with Gasteiger partial charge in [0, 0.05) is 13.1 Å². The van der Waals surface area contributed by atoms with E-state index in [1.54, 1.807) is 0 Å². The van der Waals surface area contributed by atoms with Crippen molar-refractivity contribution in [2.75, 3.05) is 26.3 Å². The van der Waals surface area contributed by atoms with Crippen molar-refractivity contribution in [2.24, 2.45) is 5.73 Å². The summed E-state index contributed by atoms with van der Waals surface area (Å²) in [6.45, 7) is 5.65. The number of hydrogen-bond donors (Lipinski definition) is 1. The molecule has 0 aromatic heterocycles. The zero-order valence-electron chi connectivity index (χ0n) is 13.3. The van der Waals surface area contributed by atoms with E-state index in [4.69, 9.17) is 15.2 Å². The van der Waals surface area contributed by atoms with Crippen molar-refractivity contribution in [3.8, 4) is 0 Å². The number of morpholine rings is 1. The molecule has 0 aromatic rings. The first-order valence-corrected chi connectivity index (χ1v) is 7.67. The van der Waals surface area contributed by atoms with Crippen molar-refractivity contribution in [3.05, 3.63) is 0 Å². The third kappa shape index (κ3) is 4.14. The first-order chi connectivity index (χ1) is 10.6. The summed E-state index contributed by atoms with van der Waals surface area (Å²) in [4.78, 5) is 13.2. The molecule has 0 spiro atoms. The van der Waals surface area contributed by atoms with Crippen molar-refractivity contribution in [2.45, 2.75) is 56.8 Å². The first kappa shape index (κ1) is 18.4. The SMILES string of the molecule is C[C@@H]1CC(C(N)OC(=O)C(F)(F)F)(N2CCOCC2)C[C@H](C)O1. The number of esters is 1. The van der Waals surface area contributed by atoms with E-state index in [-0.39, 0.29) is 12.2 Å². The highest BCUT2D eigenvalue weighted by Crippen LogP contribution is 2.38. The van der Waals surface area contributed by atoms with E-state index in [1.807, 2.05) is 18.7 Å². The normalized spacial score (nSPS) is 34.9. The molecule has 134 valence electrons. The van der Waals surface area contributed by atoms with Gasteiger partial charge in [0.25, 0.3) is 0 Å². The van der Waals surface area contributed by atoms with E-state index < -0.39 is 23.9 Å². The largest absolute Gasteiger partial charge is 0.490 e. The summed E-state index contributed by atoms with van der Waals surface area (Å²) in [5.74, 6) is -2.26. The van der Waals surface area contributed by atoms with Crippen LogP contribution >= 0.6 is 0 Å². The summed E-state index contributed by atoms with van der Waals surface area (Å²) in [5.41, 5.74) is 5.07.